The molecule has 1 amide bonds. The maximum absolute atomic E-state index is 11.9. The van der Waals surface area contributed by atoms with Crippen molar-refractivity contribution < 1.29 is 19.4 Å². The number of ether oxygens (including phenoxy) is 1. The van der Waals surface area contributed by atoms with Crippen LogP contribution >= 0.6 is 27.5 Å². The van der Waals surface area contributed by atoms with E-state index in [-0.39, 0.29) is 12.5 Å². The van der Waals surface area contributed by atoms with Gasteiger partial charge in [0.1, 0.15) is 11.3 Å². The highest BCUT2D eigenvalue weighted by molar-refractivity contribution is 9.10. The summed E-state index contributed by atoms with van der Waals surface area (Å²) in [5, 5.41) is 12.4. The average molecular weight is 377 g/mol. The van der Waals surface area contributed by atoms with Crippen LogP contribution in [0.5, 0.6) is 5.75 Å². The highest BCUT2D eigenvalue weighted by Crippen LogP contribution is 2.39. The second-order valence-corrected chi connectivity index (χ2v) is 6.48. The van der Waals surface area contributed by atoms with Gasteiger partial charge in [-0.05, 0) is 59.8 Å². The molecule has 7 heteroatoms. The Kier molecular flexibility index (Phi) is 4.78. The highest BCUT2D eigenvalue weighted by Gasteiger charge is 2.48. The number of amides is 1. The third-order valence-corrected chi connectivity index (χ3v) is 4.34. The standard InChI is InChI=1S/C14H15BrClNO4/c1-14(13(19)20,8-2-3-8)17-12(18)7-21-11-5-4-9(16)6-10(11)15/h4-6,8H,2-3,7H2,1H3,(H,17,18)(H,19,20). The van der Waals surface area contributed by atoms with E-state index in [9.17, 15) is 14.7 Å². The van der Waals surface area contributed by atoms with Crippen LogP contribution in [0.25, 0.3) is 0 Å². The smallest absolute Gasteiger partial charge is 0.329 e. The van der Waals surface area contributed by atoms with Gasteiger partial charge in [-0.15, -0.1) is 0 Å². The second-order valence-electron chi connectivity index (χ2n) is 5.19. The number of nitrogens with one attached hydrogen (secondary N) is 1. The summed E-state index contributed by atoms with van der Waals surface area (Å²) in [4.78, 5) is 23.2. The van der Waals surface area contributed by atoms with Gasteiger partial charge in [0.15, 0.2) is 6.61 Å². The van der Waals surface area contributed by atoms with Crippen molar-refractivity contribution in [1.82, 2.24) is 5.32 Å². The number of hydrogen-bond acceptors (Lipinski definition) is 3. The molecule has 114 valence electrons. The number of carboxylic acid groups (broad SMARTS) is 1. The third-order valence-electron chi connectivity index (χ3n) is 3.49. The lowest BCUT2D eigenvalue weighted by Crippen LogP contribution is -2.55. The molecule has 1 aromatic carbocycles. The first kappa shape index (κ1) is 16.1. The highest BCUT2D eigenvalue weighted by atomic mass is 79.9. The van der Waals surface area contributed by atoms with Crippen molar-refractivity contribution in [2.75, 3.05) is 6.61 Å². The van der Waals surface area contributed by atoms with Crippen molar-refractivity contribution in [2.24, 2.45) is 5.92 Å². The van der Waals surface area contributed by atoms with Crippen LogP contribution in [0.2, 0.25) is 5.02 Å². The van der Waals surface area contributed by atoms with Crippen molar-refractivity contribution in [3.63, 3.8) is 0 Å². The van der Waals surface area contributed by atoms with Crippen LogP contribution in [-0.4, -0.2) is 29.1 Å². The van der Waals surface area contributed by atoms with Gasteiger partial charge in [-0.3, -0.25) is 4.79 Å². The zero-order valence-corrected chi connectivity index (χ0v) is 13.7. The van der Waals surface area contributed by atoms with Crippen LogP contribution in [0.1, 0.15) is 19.8 Å². The fourth-order valence-electron chi connectivity index (χ4n) is 2.05. The van der Waals surface area contributed by atoms with E-state index in [0.29, 0.717) is 15.2 Å². The lowest BCUT2D eigenvalue weighted by atomic mass is 9.96. The maximum atomic E-state index is 11.9. The molecule has 2 N–H and O–H groups in total. The number of benzene rings is 1. The van der Waals surface area contributed by atoms with E-state index in [1.54, 1.807) is 18.2 Å². The third kappa shape index (κ3) is 3.89. The summed E-state index contributed by atoms with van der Waals surface area (Å²) in [6, 6.07) is 4.93. The van der Waals surface area contributed by atoms with E-state index < -0.39 is 17.4 Å². The molecule has 1 atom stereocenters. The lowest BCUT2D eigenvalue weighted by Gasteiger charge is -2.26. The first-order valence-corrected chi connectivity index (χ1v) is 7.62. The van der Waals surface area contributed by atoms with Gasteiger partial charge in [-0.25, -0.2) is 4.79 Å². The summed E-state index contributed by atoms with van der Waals surface area (Å²) in [6.45, 7) is 1.28. The molecular weight excluding hydrogens is 362 g/mol. The van der Waals surface area contributed by atoms with Crippen molar-refractivity contribution in [2.45, 2.75) is 25.3 Å². The molecule has 0 spiro atoms. The number of carbonyl (C=O) groups is 2. The van der Waals surface area contributed by atoms with Crippen molar-refractivity contribution in [3.8, 4) is 5.75 Å². The Bertz CT molecular complexity index is 576. The number of hydrogen-bond donors (Lipinski definition) is 2. The summed E-state index contributed by atoms with van der Waals surface area (Å²) < 4.78 is 6.00. The van der Waals surface area contributed by atoms with E-state index >= 15 is 0 Å². The Morgan fingerprint density at radius 3 is 2.71 bits per heavy atom. The molecule has 1 unspecified atom stereocenters. The summed E-state index contributed by atoms with van der Waals surface area (Å²) in [7, 11) is 0. The minimum atomic E-state index is -1.22. The molecule has 1 saturated carbocycles. The Hall–Kier alpha value is -1.27. The molecule has 0 heterocycles. The predicted octanol–water partition coefficient (Wildman–Crippen LogP) is 2.85. The zero-order valence-electron chi connectivity index (χ0n) is 11.4. The quantitative estimate of drug-likeness (QED) is 0.800. The molecule has 0 radical (unpaired) electrons. The summed E-state index contributed by atoms with van der Waals surface area (Å²) in [5.74, 6) is -1.03. The molecule has 0 aromatic heterocycles. The molecule has 1 aromatic rings. The predicted molar refractivity (Wildman–Crippen MR) is 81.6 cm³/mol. The molecular formula is C14H15BrClNO4. The van der Waals surface area contributed by atoms with E-state index in [1.165, 1.54) is 6.92 Å². The van der Waals surface area contributed by atoms with Crippen LogP contribution in [0.4, 0.5) is 0 Å². The van der Waals surface area contributed by atoms with Crippen LogP contribution in [0, 0.1) is 5.92 Å². The van der Waals surface area contributed by atoms with Gasteiger partial charge in [-0.2, -0.15) is 0 Å². The van der Waals surface area contributed by atoms with Gasteiger partial charge >= 0.3 is 5.97 Å². The fraction of sp³-hybridized carbons (Fsp3) is 0.429. The van der Waals surface area contributed by atoms with Crippen LogP contribution < -0.4 is 10.1 Å². The van der Waals surface area contributed by atoms with Gasteiger partial charge < -0.3 is 15.2 Å². The first-order chi connectivity index (χ1) is 9.83. The summed E-state index contributed by atoms with van der Waals surface area (Å²) in [5.41, 5.74) is -1.22. The molecule has 2 rings (SSSR count). The molecule has 21 heavy (non-hydrogen) atoms. The van der Waals surface area contributed by atoms with E-state index in [4.69, 9.17) is 16.3 Å². The first-order valence-electron chi connectivity index (χ1n) is 6.45. The Morgan fingerprint density at radius 2 is 2.19 bits per heavy atom. The van der Waals surface area contributed by atoms with E-state index in [1.807, 2.05) is 0 Å². The summed E-state index contributed by atoms with van der Waals surface area (Å²) in [6.07, 6.45) is 1.62. The Morgan fingerprint density at radius 1 is 1.52 bits per heavy atom. The minimum Gasteiger partial charge on any atom is -0.483 e. The topological polar surface area (TPSA) is 75.6 Å². The van der Waals surface area contributed by atoms with Crippen molar-refractivity contribution in [1.29, 1.82) is 0 Å². The van der Waals surface area contributed by atoms with Crippen LogP contribution in [-0.2, 0) is 9.59 Å². The van der Waals surface area contributed by atoms with Gasteiger partial charge in [0, 0.05) is 5.02 Å². The largest absolute Gasteiger partial charge is 0.483 e. The maximum Gasteiger partial charge on any atom is 0.329 e. The van der Waals surface area contributed by atoms with Crippen LogP contribution in [0.3, 0.4) is 0 Å². The van der Waals surface area contributed by atoms with Gasteiger partial charge in [-0.1, -0.05) is 11.6 Å². The van der Waals surface area contributed by atoms with Gasteiger partial charge in [0.05, 0.1) is 4.47 Å². The minimum absolute atomic E-state index is 0.0128. The normalized spacial score (nSPS) is 16.9. The molecule has 1 fully saturated rings. The molecule has 5 nitrogen and oxygen atoms in total. The number of halogens is 2. The second kappa shape index (κ2) is 6.23. The fourth-order valence-corrected chi connectivity index (χ4v) is 2.85. The van der Waals surface area contributed by atoms with Crippen molar-refractivity contribution >= 4 is 39.4 Å². The molecule has 0 aliphatic heterocycles. The zero-order chi connectivity index (χ0) is 15.6. The summed E-state index contributed by atoms with van der Waals surface area (Å²) >= 11 is 9.09. The number of rotatable bonds is 6. The van der Waals surface area contributed by atoms with E-state index in [2.05, 4.69) is 21.2 Å². The number of aliphatic carboxylic acids is 1. The Labute approximate surface area is 135 Å². The Balaban J connectivity index is 1.94. The monoisotopic (exact) mass is 375 g/mol. The van der Waals surface area contributed by atoms with Gasteiger partial charge in [0.2, 0.25) is 0 Å². The molecule has 0 bridgehead atoms. The van der Waals surface area contributed by atoms with Crippen LogP contribution in [0.15, 0.2) is 22.7 Å². The van der Waals surface area contributed by atoms with Crippen molar-refractivity contribution in [3.05, 3.63) is 27.7 Å². The molecule has 1 aliphatic rings. The SMILES string of the molecule is CC(NC(=O)COc1ccc(Cl)cc1Br)(C(=O)O)C1CC1. The average Bonchev–Trinajstić information content (AvgIpc) is 3.21. The number of carbonyl (C=O) groups excluding carboxylic acids is 1. The van der Waals surface area contributed by atoms with E-state index in [0.717, 1.165) is 12.8 Å². The number of carboxylic acids is 1. The molecule has 1 aliphatic carbocycles. The molecule has 0 saturated heterocycles. The lowest BCUT2D eigenvalue weighted by molar-refractivity contribution is -0.148. The van der Waals surface area contributed by atoms with Gasteiger partial charge in [0.25, 0.3) is 5.91 Å².